The van der Waals surface area contributed by atoms with Crippen LogP contribution in [0.2, 0.25) is 23.2 Å². The van der Waals surface area contributed by atoms with E-state index >= 15 is 0 Å². The van der Waals surface area contributed by atoms with Crippen LogP contribution < -0.4 is 4.74 Å². The minimum Gasteiger partial charge on any atom is -0.434 e. The van der Waals surface area contributed by atoms with Crippen LogP contribution in [-0.4, -0.2) is 30.8 Å². The largest absolute Gasteiger partial charge is 0.434 e. The quantitative estimate of drug-likeness (QED) is 0.270. The van der Waals surface area contributed by atoms with E-state index in [1.807, 2.05) is 10.6 Å². The highest BCUT2D eigenvalue weighted by Gasteiger charge is 2.45. The van der Waals surface area contributed by atoms with Crippen molar-refractivity contribution in [3.05, 3.63) is 58.4 Å². The standard InChI is InChI=1S/C24H27ClF2N2O3Si/c1-24(2,3)33(4,5)32-20-12-18(21-14(13-30)7-6-8-19(21)31-23(26)27)29-17-11-15(25)9-10-16(17)28-22(20)29/h6-11,13,18,20,23H,12H2,1-5H3/t18-,20+/m1/s1. The molecule has 0 aliphatic carbocycles. The number of benzene rings is 2. The number of fused-ring (bicyclic) bond motifs is 3. The van der Waals surface area contributed by atoms with Crippen LogP contribution in [0.25, 0.3) is 11.0 Å². The van der Waals surface area contributed by atoms with Crippen molar-refractivity contribution in [2.24, 2.45) is 0 Å². The highest BCUT2D eigenvalue weighted by Crippen LogP contribution is 2.49. The molecule has 2 heterocycles. The van der Waals surface area contributed by atoms with Crippen LogP contribution in [0.5, 0.6) is 5.75 Å². The van der Waals surface area contributed by atoms with Crippen molar-refractivity contribution in [2.75, 3.05) is 0 Å². The third-order valence-corrected chi connectivity index (χ3v) is 11.5. The van der Waals surface area contributed by atoms with Crippen molar-refractivity contribution in [3.63, 3.8) is 0 Å². The molecule has 0 fully saturated rings. The van der Waals surface area contributed by atoms with Gasteiger partial charge in [0.25, 0.3) is 0 Å². The fraction of sp³-hybridized carbons (Fsp3) is 0.417. The summed E-state index contributed by atoms with van der Waals surface area (Å²) < 4.78 is 40.0. The minimum absolute atomic E-state index is 0.0256. The number of aromatic nitrogens is 2. The molecule has 0 saturated carbocycles. The van der Waals surface area contributed by atoms with Gasteiger partial charge in [-0.05, 0) is 42.4 Å². The summed E-state index contributed by atoms with van der Waals surface area (Å²) in [5, 5.41) is 0.501. The number of alkyl halides is 2. The summed E-state index contributed by atoms with van der Waals surface area (Å²) in [6.07, 6.45) is 0.754. The number of ether oxygens (including phenoxy) is 1. The number of nitrogens with zero attached hydrogens (tertiary/aromatic N) is 2. The normalized spacial score (nSPS) is 18.7. The average molecular weight is 493 g/mol. The summed E-state index contributed by atoms with van der Waals surface area (Å²) in [7, 11) is -2.19. The molecule has 1 aromatic heterocycles. The van der Waals surface area contributed by atoms with E-state index in [9.17, 15) is 13.6 Å². The molecule has 0 N–H and O–H groups in total. The van der Waals surface area contributed by atoms with Gasteiger partial charge in [0.15, 0.2) is 14.6 Å². The number of aldehydes is 1. The molecule has 3 aromatic rings. The van der Waals surface area contributed by atoms with Crippen LogP contribution in [-0.2, 0) is 4.43 Å². The van der Waals surface area contributed by atoms with Crippen molar-refractivity contribution < 1.29 is 22.7 Å². The molecule has 1 aliphatic rings. The van der Waals surface area contributed by atoms with Gasteiger partial charge in [-0.3, -0.25) is 4.79 Å². The molecular weight excluding hydrogens is 466 g/mol. The maximum atomic E-state index is 13.2. The van der Waals surface area contributed by atoms with Crippen LogP contribution in [0.4, 0.5) is 8.78 Å². The molecule has 4 rings (SSSR count). The number of halogens is 3. The van der Waals surface area contributed by atoms with Crippen molar-refractivity contribution in [2.45, 2.75) is 64.1 Å². The van der Waals surface area contributed by atoms with Gasteiger partial charge in [0.05, 0.1) is 17.1 Å². The molecule has 0 spiro atoms. The van der Waals surface area contributed by atoms with Crippen molar-refractivity contribution in [1.29, 1.82) is 0 Å². The van der Waals surface area contributed by atoms with Crippen molar-refractivity contribution in [3.8, 4) is 5.75 Å². The van der Waals surface area contributed by atoms with Crippen LogP contribution in [0, 0.1) is 0 Å². The molecule has 9 heteroatoms. The number of rotatable bonds is 6. The van der Waals surface area contributed by atoms with E-state index in [0.717, 1.165) is 11.0 Å². The van der Waals surface area contributed by atoms with E-state index in [-0.39, 0.29) is 16.9 Å². The van der Waals surface area contributed by atoms with Crippen molar-refractivity contribution in [1.82, 2.24) is 9.55 Å². The number of hydrogen-bond donors (Lipinski definition) is 0. The Labute approximate surface area is 197 Å². The molecule has 5 nitrogen and oxygen atoms in total. The van der Waals surface area contributed by atoms with Gasteiger partial charge in [-0.1, -0.05) is 44.5 Å². The van der Waals surface area contributed by atoms with E-state index in [1.54, 1.807) is 18.2 Å². The SMILES string of the molecule is CC(C)(C)[Si](C)(C)O[C@H]1C[C@H](c2c(C=O)cccc2OC(F)F)n2c1nc1ccc(Cl)cc12. The van der Waals surface area contributed by atoms with Gasteiger partial charge in [-0.2, -0.15) is 8.78 Å². The summed E-state index contributed by atoms with van der Waals surface area (Å²) >= 11 is 6.29. The molecule has 0 saturated heterocycles. The Hall–Kier alpha value is -2.29. The van der Waals surface area contributed by atoms with Gasteiger partial charge >= 0.3 is 6.61 Å². The maximum absolute atomic E-state index is 13.2. The zero-order valence-electron chi connectivity index (χ0n) is 19.2. The van der Waals surface area contributed by atoms with Crippen LogP contribution in [0.1, 0.15) is 61.1 Å². The van der Waals surface area contributed by atoms with E-state index in [4.69, 9.17) is 25.7 Å². The van der Waals surface area contributed by atoms with Gasteiger partial charge in [0.1, 0.15) is 17.7 Å². The molecule has 2 atom stereocenters. The average Bonchev–Trinajstić information content (AvgIpc) is 3.24. The second-order valence-electron chi connectivity index (χ2n) is 9.85. The highest BCUT2D eigenvalue weighted by atomic mass is 35.5. The lowest BCUT2D eigenvalue weighted by Crippen LogP contribution is -2.41. The van der Waals surface area contributed by atoms with E-state index in [0.29, 0.717) is 34.7 Å². The Morgan fingerprint density at radius 1 is 1.24 bits per heavy atom. The van der Waals surface area contributed by atoms with E-state index in [1.165, 1.54) is 12.1 Å². The van der Waals surface area contributed by atoms with Gasteiger partial charge < -0.3 is 13.7 Å². The number of carbonyl (C=O) groups is 1. The minimum atomic E-state index is -3.01. The zero-order chi connectivity index (χ0) is 24.1. The second-order valence-corrected chi connectivity index (χ2v) is 15.0. The molecule has 0 bridgehead atoms. The molecule has 176 valence electrons. The molecular formula is C24H27ClF2N2O3Si. The highest BCUT2D eigenvalue weighted by molar-refractivity contribution is 6.74. The molecule has 0 radical (unpaired) electrons. The lowest BCUT2D eigenvalue weighted by molar-refractivity contribution is -0.0507. The van der Waals surface area contributed by atoms with Crippen LogP contribution >= 0.6 is 11.6 Å². The third-order valence-electron chi connectivity index (χ3n) is 6.73. The molecule has 33 heavy (non-hydrogen) atoms. The number of hydrogen-bond acceptors (Lipinski definition) is 4. The Bertz CT molecular complexity index is 1210. The lowest BCUT2D eigenvalue weighted by atomic mass is 9.97. The Balaban J connectivity index is 1.92. The van der Waals surface area contributed by atoms with E-state index < -0.39 is 21.0 Å². The summed E-state index contributed by atoms with van der Waals surface area (Å²) in [4.78, 5) is 16.7. The topological polar surface area (TPSA) is 53.4 Å². The van der Waals surface area contributed by atoms with Crippen LogP contribution in [0.3, 0.4) is 0 Å². The number of imidazole rings is 1. The van der Waals surface area contributed by atoms with Crippen LogP contribution in [0.15, 0.2) is 36.4 Å². The third kappa shape index (κ3) is 4.31. The molecule has 0 unspecified atom stereocenters. The first-order chi connectivity index (χ1) is 15.4. The monoisotopic (exact) mass is 492 g/mol. The Morgan fingerprint density at radius 2 is 1.97 bits per heavy atom. The summed E-state index contributed by atoms with van der Waals surface area (Å²) in [5.41, 5.74) is 2.17. The zero-order valence-corrected chi connectivity index (χ0v) is 21.0. The van der Waals surface area contributed by atoms with E-state index in [2.05, 4.69) is 33.9 Å². The van der Waals surface area contributed by atoms with Crippen molar-refractivity contribution >= 4 is 37.2 Å². The molecule has 2 aromatic carbocycles. The van der Waals surface area contributed by atoms with Gasteiger partial charge in [0, 0.05) is 22.6 Å². The fourth-order valence-electron chi connectivity index (χ4n) is 4.15. The lowest BCUT2D eigenvalue weighted by Gasteiger charge is -2.38. The first-order valence-electron chi connectivity index (χ1n) is 10.8. The smallest absolute Gasteiger partial charge is 0.387 e. The summed E-state index contributed by atoms with van der Waals surface area (Å²) in [6, 6.07) is 9.51. The first-order valence-corrected chi connectivity index (χ1v) is 14.1. The molecule has 1 aliphatic heterocycles. The second kappa shape index (κ2) is 8.49. The summed E-state index contributed by atoms with van der Waals surface area (Å²) in [5.74, 6) is 0.674. The Kier molecular flexibility index (Phi) is 6.13. The predicted octanol–water partition coefficient (Wildman–Crippen LogP) is 7.16. The number of carbonyl (C=O) groups excluding carboxylic acids is 1. The predicted molar refractivity (Wildman–Crippen MR) is 127 cm³/mol. The van der Waals surface area contributed by atoms with Gasteiger partial charge in [-0.25, -0.2) is 4.98 Å². The fourth-order valence-corrected chi connectivity index (χ4v) is 5.59. The molecule has 0 amide bonds. The van der Waals surface area contributed by atoms with Gasteiger partial charge in [0.2, 0.25) is 0 Å². The summed E-state index contributed by atoms with van der Waals surface area (Å²) in [6.45, 7) is 7.78. The van der Waals surface area contributed by atoms with Gasteiger partial charge in [-0.15, -0.1) is 0 Å². The Morgan fingerprint density at radius 3 is 2.61 bits per heavy atom. The maximum Gasteiger partial charge on any atom is 0.387 e. The first kappa shape index (κ1) is 23.9.